The Morgan fingerprint density at radius 1 is 1.43 bits per heavy atom. The largest absolute Gasteiger partial charge is 0.480 e. The van der Waals surface area contributed by atoms with Crippen LogP contribution in [0.25, 0.3) is 0 Å². The molecule has 0 fully saturated rings. The summed E-state index contributed by atoms with van der Waals surface area (Å²) in [4.78, 5) is 22.7. The summed E-state index contributed by atoms with van der Waals surface area (Å²) in [6, 6.07) is 5.52. The first-order valence-electron chi connectivity index (χ1n) is 6.54. The Labute approximate surface area is 120 Å². The molecule has 0 spiro atoms. The lowest BCUT2D eigenvalue weighted by Gasteiger charge is -2.05. The van der Waals surface area contributed by atoms with Crippen LogP contribution in [-0.2, 0) is 17.8 Å². The van der Waals surface area contributed by atoms with Gasteiger partial charge in [0.2, 0.25) is 0 Å². The van der Waals surface area contributed by atoms with Crippen molar-refractivity contribution >= 4 is 23.3 Å². The van der Waals surface area contributed by atoms with Crippen molar-refractivity contribution < 1.29 is 14.7 Å². The minimum Gasteiger partial charge on any atom is -0.480 e. The number of hydrogen-bond acceptors (Lipinski definition) is 4. The number of anilines is 2. The van der Waals surface area contributed by atoms with Crippen molar-refractivity contribution in [2.45, 2.75) is 13.0 Å². The van der Waals surface area contributed by atoms with Crippen molar-refractivity contribution in [3.63, 3.8) is 0 Å². The molecule has 7 nitrogen and oxygen atoms in total. The molecule has 7 heteroatoms. The van der Waals surface area contributed by atoms with Gasteiger partial charge in [-0.1, -0.05) is 0 Å². The fourth-order valence-electron chi connectivity index (χ4n) is 2.30. The molecule has 1 aliphatic rings. The summed E-state index contributed by atoms with van der Waals surface area (Å²) < 4.78 is 1.25. The lowest BCUT2D eigenvalue weighted by Crippen LogP contribution is -2.12. The Morgan fingerprint density at radius 3 is 3.10 bits per heavy atom. The molecule has 0 aliphatic carbocycles. The Kier molecular flexibility index (Phi) is 3.31. The van der Waals surface area contributed by atoms with Crippen LogP contribution in [0.15, 0.2) is 30.6 Å². The molecule has 0 atom stereocenters. The number of amides is 1. The summed E-state index contributed by atoms with van der Waals surface area (Å²) in [6.45, 7) is 0.656. The monoisotopic (exact) mass is 286 g/mol. The van der Waals surface area contributed by atoms with Gasteiger partial charge in [-0.05, 0) is 30.2 Å². The fraction of sp³-hybridized carbons (Fsp3) is 0.214. The van der Waals surface area contributed by atoms with Crippen LogP contribution < -0.4 is 10.6 Å². The quantitative estimate of drug-likeness (QED) is 0.784. The first kappa shape index (κ1) is 13.2. The van der Waals surface area contributed by atoms with Gasteiger partial charge in [0.25, 0.3) is 5.91 Å². The van der Waals surface area contributed by atoms with E-state index in [-0.39, 0.29) is 12.5 Å². The Balaban J connectivity index is 1.71. The van der Waals surface area contributed by atoms with E-state index in [2.05, 4.69) is 15.7 Å². The third kappa shape index (κ3) is 2.86. The maximum atomic E-state index is 12.2. The minimum absolute atomic E-state index is 0.236. The van der Waals surface area contributed by atoms with E-state index in [0.29, 0.717) is 11.3 Å². The zero-order valence-corrected chi connectivity index (χ0v) is 11.2. The van der Waals surface area contributed by atoms with Gasteiger partial charge in [-0.3, -0.25) is 14.3 Å². The Bertz CT molecular complexity index is 708. The van der Waals surface area contributed by atoms with E-state index in [1.807, 2.05) is 12.1 Å². The lowest BCUT2D eigenvalue weighted by atomic mass is 10.1. The molecule has 3 N–H and O–H groups in total. The van der Waals surface area contributed by atoms with Crippen LogP contribution in [0, 0.1) is 0 Å². The van der Waals surface area contributed by atoms with Crippen LogP contribution in [0.3, 0.4) is 0 Å². The molecule has 0 radical (unpaired) electrons. The zero-order chi connectivity index (χ0) is 14.8. The van der Waals surface area contributed by atoms with Crippen LogP contribution in [-0.4, -0.2) is 33.3 Å². The average molecular weight is 286 g/mol. The van der Waals surface area contributed by atoms with Gasteiger partial charge in [0.05, 0.1) is 11.9 Å². The van der Waals surface area contributed by atoms with Crippen molar-refractivity contribution in [2.75, 3.05) is 17.2 Å². The minimum atomic E-state index is -0.984. The number of rotatable bonds is 4. The van der Waals surface area contributed by atoms with Crippen molar-refractivity contribution in [1.29, 1.82) is 0 Å². The SMILES string of the molecule is O=C(O)Cn1cc(NC(=O)c2ccc3c(c2)CCN3)cn1. The standard InChI is InChI=1S/C14H14N4O3/c19-13(20)8-18-7-11(6-16-18)17-14(21)10-1-2-12-9(5-10)3-4-15-12/h1-2,5-7,15H,3-4,8H2,(H,17,21)(H,19,20). The first-order chi connectivity index (χ1) is 10.1. The second-order valence-corrected chi connectivity index (χ2v) is 4.82. The normalized spacial score (nSPS) is 12.6. The smallest absolute Gasteiger partial charge is 0.325 e. The number of hydrogen-bond donors (Lipinski definition) is 3. The summed E-state index contributed by atoms with van der Waals surface area (Å²) in [6.07, 6.45) is 3.82. The topological polar surface area (TPSA) is 96.2 Å². The molecule has 108 valence electrons. The molecule has 1 aliphatic heterocycles. The number of aliphatic carboxylic acids is 1. The first-order valence-corrected chi connectivity index (χ1v) is 6.54. The molecule has 2 aromatic rings. The second kappa shape index (κ2) is 5.28. The van der Waals surface area contributed by atoms with Crippen LogP contribution >= 0.6 is 0 Å². The summed E-state index contributed by atoms with van der Waals surface area (Å²) in [5.74, 6) is -1.22. The number of carbonyl (C=O) groups excluding carboxylic acids is 1. The molecular formula is C14H14N4O3. The number of benzene rings is 1. The predicted octanol–water partition coefficient (Wildman–Crippen LogP) is 1.19. The van der Waals surface area contributed by atoms with Crippen molar-refractivity contribution in [2.24, 2.45) is 0 Å². The summed E-state index contributed by atoms with van der Waals surface area (Å²) in [5, 5.41) is 18.5. The van der Waals surface area contributed by atoms with Gasteiger partial charge in [-0.25, -0.2) is 0 Å². The number of carbonyl (C=O) groups is 2. The molecule has 1 aromatic carbocycles. The van der Waals surface area contributed by atoms with Gasteiger partial charge in [0.15, 0.2) is 0 Å². The van der Waals surface area contributed by atoms with Crippen molar-refractivity contribution in [3.8, 4) is 0 Å². The van der Waals surface area contributed by atoms with Gasteiger partial charge in [-0.15, -0.1) is 0 Å². The Morgan fingerprint density at radius 2 is 2.29 bits per heavy atom. The van der Waals surface area contributed by atoms with E-state index >= 15 is 0 Å². The molecule has 1 aromatic heterocycles. The number of fused-ring (bicyclic) bond motifs is 1. The summed E-state index contributed by atoms with van der Waals surface area (Å²) >= 11 is 0. The highest BCUT2D eigenvalue weighted by Gasteiger charge is 2.14. The molecule has 2 heterocycles. The number of carboxylic acid groups (broad SMARTS) is 1. The molecular weight excluding hydrogens is 272 g/mol. The van der Waals surface area contributed by atoms with Gasteiger partial charge in [0, 0.05) is 24.0 Å². The predicted molar refractivity (Wildman–Crippen MR) is 76.5 cm³/mol. The maximum Gasteiger partial charge on any atom is 0.325 e. The third-order valence-corrected chi connectivity index (χ3v) is 3.27. The molecule has 1 amide bonds. The van der Waals surface area contributed by atoms with Gasteiger partial charge >= 0.3 is 5.97 Å². The molecule has 0 unspecified atom stereocenters. The highest BCUT2D eigenvalue weighted by Crippen LogP contribution is 2.23. The molecule has 0 saturated heterocycles. The molecule has 21 heavy (non-hydrogen) atoms. The number of nitrogens with one attached hydrogen (secondary N) is 2. The lowest BCUT2D eigenvalue weighted by molar-refractivity contribution is -0.137. The van der Waals surface area contributed by atoms with Gasteiger partial charge in [-0.2, -0.15) is 5.10 Å². The molecule has 3 rings (SSSR count). The molecule has 0 bridgehead atoms. The summed E-state index contributed by atoms with van der Waals surface area (Å²) in [7, 11) is 0. The Hall–Kier alpha value is -2.83. The zero-order valence-electron chi connectivity index (χ0n) is 11.2. The average Bonchev–Trinajstić information content (AvgIpc) is 3.06. The van der Waals surface area contributed by atoms with E-state index in [4.69, 9.17) is 5.11 Å². The van der Waals surface area contributed by atoms with Crippen LogP contribution in [0.4, 0.5) is 11.4 Å². The van der Waals surface area contributed by atoms with Gasteiger partial charge in [0.1, 0.15) is 6.54 Å². The van der Waals surface area contributed by atoms with Crippen LogP contribution in [0.2, 0.25) is 0 Å². The third-order valence-electron chi connectivity index (χ3n) is 3.27. The number of aromatic nitrogens is 2. The van der Waals surface area contributed by atoms with Gasteiger partial charge < -0.3 is 15.7 Å². The molecule has 0 saturated carbocycles. The number of nitrogens with zero attached hydrogens (tertiary/aromatic N) is 2. The van der Waals surface area contributed by atoms with Crippen LogP contribution in [0.1, 0.15) is 15.9 Å². The van der Waals surface area contributed by atoms with E-state index in [1.54, 1.807) is 6.07 Å². The maximum absolute atomic E-state index is 12.2. The summed E-state index contributed by atoms with van der Waals surface area (Å²) in [5.41, 5.74) is 3.24. The van der Waals surface area contributed by atoms with E-state index in [1.165, 1.54) is 17.1 Å². The van der Waals surface area contributed by atoms with Crippen molar-refractivity contribution in [1.82, 2.24) is 9.78 Å². The van der Waals surface area contributed by atoms with E-state index < -0.39 is 5.97 Å². The van der Waals surface area contributed by atoms with Crippen molar-refractivity contribution in [3.05, 3.63) is 41.7 Å². The van der Waals surface area contributed by atoms with E-state index in [0.717, 1.165) is 24.2 Å². The highest BCUT2D eigenvalue weighted by molar-refractivity contribution is 6.04. The second-order valence-electron chi connectivity index (χ2n) is 4.82. The fourth-order valence-corrected chi connectivity index (χ4v) is 2.30. The number of carboxylic acids is 1. The van der Waals surface area contributed by atoms with Crippen LogP contribution in [0.5, 0.6) is 0 Å². The van der Waals surface area contributed by atoms with E-state index in [9.17, 15) is 9.59 Å². The highest BCUT2D eigenvalue weighted by atomic mass is 16.4.